The molecule has 0 aromatic carbocycles. The van der Waals surface area contributed by atoms with Crippen LogP contribution in [0.15, 0.2) is 18.1 Å². The van der Waals surface area contributed by atoms with E-state index >= 15 is 0 Å². The molecule has 2 aliphatic carbocycles. The molecule has 2 saturated carbocycles. The van der Waals surface area contributed by atoms with Crippen LogP contribution in [0.25, 0.3) is 0 Å². The van der Waals surface area contributed by atoms with Gasteiger partial charge in [0.2, 0.25) is 5.91 Å². The second-order valence-electron chi connectivity index (χ2n) is 9.16. The van der Waals surface area contributed by atoms with Gasteiger partial charge in [-0.1, -0.05) is 30.9 Å². The number of anilines is 1. The van der Waals surface area contributed by atoms with Gasteiger partial charge in [-0.25, -0.2) is 5.84 Å². The van der Waals surface area contributed by atoms with Crippen molar-refractivity contribution in [3.63, 3.8) is 0 Å². The molecule has 10 heteroatoms. The minimum absolute atomic E-state index is 0.0133. The Morgan fingerprint density at radius 2 is 1.81 bits per heavy atom. The second kappa shape index (κ2) is 12.4. The van der Waals surface area contributed by atoms with E-state index < -0.39 is 0 Å². The molecule has 1 heterocycles. The van der Waals surface area contributed by atoms with Gasteiger partial charge < -0.3 is 21.4 Å². The third-order valence-corrected chi connectivity index (χ3v) is 6.40. The topological polar surface area (TPSA) is 144 Å². The van der Waals surface area contributed by atoms with E-state index in [2.05, 4.69) is 20.9 Å². The van der Waals surface area contributed by atoms with Crippen LogP contribution in [-0.2, 0) is 16.1 Å². The van der Waals surface area contributed by atoms with E-state index in [0.29, 0.717) is 43.7 Å². The maximum atomic E-state index is 12.1. The number of carbonyl (C=O) groups is 2. The Bertz CT molecular complexity index is 766. The van der Waals surface area contributed by atoms with Gasteiger partial charge >= 0.3 is 0 Å². The molecule has 2 amide bonds. The van der Waals surface area contributed by atoms with Crippen LogP contribution in [0.5, 0.6) is 0 Å². The number of nitrogens with two attached hydrogens (primary N) is 2. The first-order valence-electron chi connectivity index (χ1n) is 12.0. The molecule has 0 aliphatic heterocycles. The monoisotopic (exact) mass is 446 g/mol. The van der Waals surface area contributed by atoms with Crippen molar-refractivity contribution >= 4 is 17.6 Å². The number of unbranched alkanes of at least 4 members (excludes halogenated alkanes) is 1. The molecule has 1 aromatic rings. The third kappa shape index (κ3) is 8.14. The molecule has 0 radical (unpaired) electrons. The summed E-state index contributed by atoms with van der Waals surface area (Å²) >= 11 is 0. The van der Waals surface area contributed by atoms with Crippen LogP contribution in [0.3, 0.4) is 0 Å². The maximum Gasteiger partial charge on any atom is 0.268 e. The predicted octanol–water partition coefficient (Wildman–Crippen LogP) is 1.86. The molecule has 0 spiro atoms. The van der Waals surface area contributed by atoms with Gasteiger partial charge in [0.05, 0.1) is 6.20 Å². The second-order valence-corrected chi connectivity index (χ2v) is 9.16. The van der Waals surface area contributed by atoms with Crippen LogP contribution in [0.4, 0.5) is 5.82 Å². The lowest BCUT2D eigenvalue weighted by Crippen LogP contribution is -2.35. The molecule has 1 aromatic heterocycles. The van der Waals surface area contributed by atoms with E-state index in [9.17, 15) is 9.59 Å². The van der Waals surface area contributed by atoms with Crippen molar-refractivity contribution in [3.8, 4) is 0 Å². The molecule has 10 nitrogen and oxygen atoms in total. The summed E-state index contributed by atoms with van der Waals surface area (Å²) < 4.78 is 1.71. The normalized spacial score (nSPS) is 17.6. The first-order chi connectivity index (χ1) is 15.5. The Hall–Kier alpha value is -2.62. The zero-order chi connectivity index (χ0) is 22.8. The third-order valence-electron chi connectivity index (χ3n) is 6.40. The van der Waals surface area contributed by atoms with E-state index in [1.807, 2.05) is 0 Å². The highest BCUT2D eigenvalue weighted by Gasteiger charge is 2.19. The standard InChI is InChI=1S/C22H38N8O2/c23-19(22(32)25-14-18-9-3-4-10-18)15-29(24)11-5-6-12-30-16-20(27-28-30)26-21(31)13-17-7-1-2-8-17/h15-18H,1-14,23-24H2,(H,25,32)(H,26,31)/b19-15-. The summed E-state index contributed by atoms with van der Waals surface area (Å²) in [4.78, 5) is 24.2. The SMILES string of the molecule is N/C(=C\N(N)CCCCn1cc(NC(=O)CC2CCCC2)nn1)C(=O)NCC1CCCC1. The molecule has 0 unspecified atom stereocenters. The van der Waals surface area contributed by atoms with E-state index in [4.69, 9.17) is 11.6 Å². The van der Waals surface area contributed by atoms with Gasteiger partial charge in [0, 0.05) is 32.3 Å². The van der Waals surface area contributed by atoms with Crippen LogP contribution < -0.4 is 22.2 Å². The number of amides is 2. The summed E-state index contributed by atoms with van der Waals surface area (Å²) in [7, 11) is 0. The number of hydrogen-bond donors (Lipinski definition) is 4. The number of aryl methyl sites for hydroxylation is 1. The molecular formula is C22H38N8O2. The van der Waals surface area contributed by atoms with Gasteiger partial charge in [0.25, 0.3) is 5.91 Å². The van der Waals surface area contributed by atoms with Crippen molar-refractivity contribution < 1.29 is 9.59 Å². The smallest absolute Gasteiger partial charge is 0.268 e. The molecule has 6 N–H and O–H groups in total. The molecule has 0 saturated heterocycles. The summed E-state index contributed by atoms with van der Waals surface area (Å²) in [5.41, 5.74) is 5.99. The number of hydrogen-bond acceptors (Lipinski definition) is 7. The van der Waals surface area contributed by atoms with E-state index in [0.717, 1.165) is 25.7 Å². The Balaban J connectivity index is 1.29. The van der Waals surface area contributed by atoms with E-state index in [-0.39, 0.29) is 17.5 Å². The number of aromatic nitrogens is 3. The van der Waals surface area contributed by atoms with Crippen molar-refractivity contribution in [1.29, 1.82) is 0 Å². The molecule has 0 bridgehead atoms. The molecule has 178 valence electrons. The summed E-state index contributed by atoms with van der Waals surface area (Å²) in [6.07, 6.45) is 15.0. The lowest BCUT2D eigenvalue weighted by Gasteiger charge is -2.15. The van der Waals surface area contributed by atoms with Crippen molar-refractivity contribution in [2.45, 2.75) is 77.2 Å². The largest absolute Gasteiger partial charge is 0.393 e. The van der Waals surface area contributed by atoms with Crippen molar-refractivity contribution in [1.82, 2.24) is 25.3 Å². The number of nitrogens with zero attached hydrogens (tertiary/aromatic N) is 4. The molecule has 0 atom stereocenters. The van der Waals surface area contributed by atoms with E-state index in [1.165, 1.54) is 49.7 Å². The maximum absolute atomic E-state index is 12.1. The highest BCUT2D eigenvalue weighted by molar-refractivity contribution is 5.92. The van der Waals surface area contributed by atoms with Crippen molar-refractivity contribution in [3.05, 3.63) is 18.1 Å². The lowest BCUT2D eigenvalue weighted by molar-refractivity contribution is -0.118. The van der Waals surface area contributed by atoms with Crippen LogP contribution in [0.1, 0.15) is 70.6 Å². The molecule has 3 rings (SSSR count). The summed E-state index contributed by atoms with van der Waals surface area (Å²) in [6, 6.07) is 0. The minimum Gasteiger partial charge on any atom is -0.393 e. The average molecular weight is 447 g/mol. The van der Waals surface area contributed by atoms with Crippen molar-refractivity contribution in [2.75, 3.05) is 18.4 Å². The summed E-state index contributed by atoms with van der Waals surface area (Å²) in [5.74, 6) is 7.26. The first kappa shape index (κ1) is 24.0. The van der Waals surface area contributed by atoms with Crippen LogP contribution in [-0.4, -0.2) is 44.9 Å². The zero-order valence-electron chi connectivity index (χ0n) is 19.0. The Kier molecular flexibility index (Phi) is 9.33. The lowest BCUT2D eigenvalue weighted by atomic mass is 10.0. The molecule has 2 aliphatic rings. The molecule has 2 fully saturated rings. The summed E-state index contributed by atoms with van der Waals surface area (Å²) in [6.45, 7) is 1.91. The van der Waals surface area contributed by atoms with Gasteiger partial charge in [0.15, 0.2) is 5.82 Å². The summed E-state index contributed by atoms with van der Waals surface area (Å²) in [5, 5.41) is 15.3. The zero-order valence-corrected chi connectivity index (χ0v) is 19.0. The highest BCUT2D eigenvalue weighted by Crippen LogP contribution is 2.27. The molecular weight excluding hydrogens is 408 g/mol. The fraction of sp³-hybridized carbons (Fsp3) is 0.727. The van der Waals surface area contributed by atoms with Crippen molar-refractivity contribution in [2.24, 2.45) is 23.4 Å². The van der Waals surface area contributed by atoms with E-state index in [1.54, 1.807) is 10.9 Å². The average Bonchev–Trinajstić information content (AvgIpc) is 3.53. The Morgan fingerprint density at radius 3 is 2.53 bits per heavy atom. The first-order valence-corrected chi connectivity index (χ1v) is 12.0. The van der Waals surface area contributed by atoms with Crippen LogP contribution in [0, 0.1) is 11.8 Å². The minimum atomic E-state index is -0.266. The number of rotatable bonds is 12. The van der Waals surface area contributed by atoms with Gasteiger partial charge in [-0.2, -0.15) is 0 Å². The fourth-order valence-corrected chi connectivity index (χ4v) is 4.56. The Labute approximate surface area is 190 Å². The predicted molar refractivity (Wildman–Crippen MR) is 123 cm³/mol. The quantitative estimate of drug-likeness (QED) is 0.166. The molecule has 32 heavy (non-hydrogen) atoms. The van der Waals surface area contributed by atoms with Crippen LogP contribution in [0.2, 0.25) is 0 Å². The Morgan fingerprint density at radius 1 is 1.12 bits per heavy atom. The number of carbonyl (C=O) groups excluding carboxylic acids is 2. The number of hydrazine groups is 1. The van der Waals surface area contributed by atoms with Gasteiger partial charge in [-0.05, 0) is 50.4 Å². The highest BCUT2D eigenvalue weighted by atomic mass is 16.2. The van der Waals surface area contributed by atoms with Crippen LogP contribution >= 0.6 is 0 Å². The van der Waals surface area contributed by atoms with Gasteiger partial charge in [-0.15, -0.1) is 5.10 Å². The van der Waals surface area contributed by atoms with Gasteiger partial charge in [-0.3, -0.25) is 14.3 Å². The fourth-order valence-electron chi connectivity index (χ4n) is 4.56. The van der Waals surface area contributed by atoms with Gasteiger partial charge in [0.1, 0.15) is 5.70 Å². The number of nitrogens with one attached hydrogen (secondary N) is 2.